The number of ether oxygens (including phenoxy) is 1. The maximum Gasteiger partial charge on any atom is 0.123 e. The van der Waals surface area contributed by atoms with Crippen molar-refractivity contribution in [2.75, 3.05) is 6.61 Å². The number of hydrogen-bond acceptors (Lipinski definition) is 2. The molecule has 3 heteroatoms. The maximum absolute atomic E-state index is 13.1. The van der Waals surface area contributed by atoms with Gasteiger partial charge in [0.15, 0.2) is 0 Å². The molecule has 0 radical (unpaired) electrons. The lowest BCUT2D eigenvalue weighted by molar-refractivity contribution is 0.137. The van der Waals surface area contributed by atoms with Crippen LogP contribution in [0.3, 0.4) is 0 Å². The Morgan fingerprint density at radius 2 is 2.22 bits per heavy atom. The molecule has 2 nitrogen and oxygen atoms in total. The molecule has 1 aromatic carbocycles. The highest BCUT2D eigenvalue weighted by Gasteiger charge is 2.26. The quantitative estimate of drug-likeness (QED) is 0.872. The Morgan fingerprint density at radius 1 is 1.44 bits per heavy atom. The van der Waals surface area contributed by atoms with E-state index in [1.807, 2.05) is 0 Å². The molecule has 1 aliphatic heterocycles. The molecule has 2 atom stereocenters. The second-order valence-corrected chi connectivity index (χ2v) is 5.61. The van der Waals surface area contributed by atoms with Crippen LogP contribution < -0.4 is 4.74 Å². The van der Waals surface area contributed by atoms with Gasteiger partial charge in [0, 0.05) is 18.6 Å². The van der Waals surface area contributed by atoms with Crippen LogP contribution in [-0.4, -0.2) is 17.8 Å². The van der Waals surface area contributed by atoms with Gasteiger partial charge in [0.25, 0.3) is 0 Å². The summed E-state index contributed by atoms with van der Waals surface area (Å²) in [6.07, 6.45) is 2.67. The summed E-state index contributed by atoms with van der Waals surface area (Å²) in [5.41, 5.74) is 0.946. The number of benzene rings is 1. The number of hydrogen-bond donors (Lipinski definition) is 1. The molecule has 2 rings (SSSR count). The molecule has 18 heavy (non-hydrogen) atoms. The molecular formula is C15H21FO2. The summed E-state index contributed by atoms with van der Waals surface area (Å²) in [7, 11) is 0. The predicted octanol–water partition coefficient (Wildman–Crippen LogP) is 3.17. The largest absolute Gasteiger partial charge is 0.490 e. The van der Waals surface area contributed by atoms with Crippen molar-refractivity contribution in [3.63, 3.8) is 0 Å². The lowest BCUT2D eigenvalue weighted by atomic mass is 9.91. The minimum atomic E-state index is -0.209. The molecule has 0 saturated heterocycles. The Bertz CT molecular complexity index is 403. The smallest absolute Gasteiger partial charge is 0.123 e. The van der Waals surface area contributed by atoms with Gasteiger partial charge in [-0.2, -0.15) is 0 Å². The molecule has 0 amide bonds. The van der Waals surface area contributed by atoms with Crippen molar-refractivity contribution in [2.45, 2.75) is 39.2 Å². The molecule has 0 spiro atoms. The van der Waals surface area contributed by atoms with E-state index < -0.39 is 0 Å². The Kier molecular flexibility index (Phi) is 4.23. The third kappa shape index (κ3) is 3.22. The number of aliphatic hydroxyl groups is 1. The van der Waals surface area contributed by atoms with Gasteiger partial charge in [0.05, 0.1) is 0 Å². The van der Waals surface area contributed by atoms with Crippen LogP contribution in [0.1, 0.15) is 32.3 Å². The molecule has 0 aliphatic carbocycles. The van der Waals surface area contributed by atoms with Gasteiger partial charge in [0.2, 0.25) is 0 Å². The first-order valence-corrected chi connectivity index (χ1v) is 6.64. The molecule has 1 N–H and O–H groups in total. The van der Waals surface area contributed by atoms with Gasteiger partial charge in [0.1, 0.15) is 17.7 Å². The first kappa shape index (κ1) is 13.3. The molecular weight excluding hydrogens is 231 g/mol. The minimum Gasteiger partial charge on any atom is -0.490 e. The predicted molar refractivity (Wildman–Crippen MR) is 69.2 cm³/mol. The van der Waals surface area contributed by atoms with Crippen molar-refractivity contribution in [1.29, 1.82) is 0 Å². The molecule has 0 aromatic heterocycles. The van der Waals surface area contributed by atoms with E-state index in [1.54, 1.807) is 12.1 Å². The van der Waals surface area contributed by atoms with Crippen LogP contribution in [0.25, 0.3) is 0 Å². The van der Waals surface area contributed by atoms with Gasteiger partial charge in [-0.05, 0) is 42.9 Å². The van der Waals surface area contributed by atoms with Crippen molar-refractivity contribution in [2.24, 2.45) is 11.8 Å². The molecule has 2 unspecified atom stereocenters. The summed E-state index contributed by atoms with van der Waals surface area (Å²) < 4.78 is 18.9. The van der Waals surface area contributed by atoms with Gasteiger partial charge in [-0.3, -0.25) is 0 Å². The van der Waals surface area contributed by atoms with Crippen molar-refractivity contribution < 1.29 is 14.2 Å². The van der Waals surface area contributed by atoms with E-state index in [9.17, 15) is 9.50 Å². The number of halogens is 1. The van der Waals surface area contributed by atoms with Gasteiger partial charge in [-0.15, -0.1) is 0 Å². The number of aliphatic hydroxyl groups excluding tert-OH is 1. The van der Waals surface area contributed by atoms with Gasteiger partial charge in [-0.1, -0.05) is 13.8 Å². The van der Waals surface area contributed by atoms with E-state index in [0.717, 1.165) is 30.6 Å². The van der Waals surface area contributed by atoms with Crippen LogP contribution >= 0.6 is 0 Å². The third-order valence-electron chi connectivity index (χ3n) is 3.42. The number of fused-ring (bicyclic) bond motifs is 1. The zero-order valence-electron chi connectivity index (χ0n) is 11.0. The fraction of sp³-hybridized carbons (Fsp3) is 0.600. The summed E-state index contributed by atoms with van der Waals surface area (Å²) >= 11 is 0. The second-order valence-electron chi connectivity index (χ2n) is 5.61. The van der Waals surface area contributed by atoms with Crippen LogP contribution in [0.15, 0.2) is 18.2 Å². The summed E-state index contributed by atoms with van der Waals surface area (Å²) in [6.45, 7) is 4.51. The Morgan fingerprint density at radius 3 is 2.89 bits per heavy atom. The Labute approximate surface area is 108 Å². The lowest BCUT2D eigenvalue weighted by Crippen LogP contribution is -2.21. The maximum atomic E-state index is 13.1. The molecule has 100 valence electrons. The fourth-order valence-corrected chi connectivity index (χ4v) is 2.70. The van der Waals surface area contributed by atoms with E-state index in [1.165, 1.54) is 6.07 Å². The standard InChI is InChI=1S/C15H21FO2/c1-10(2)5-11(9-17)6-14-8-12-7-13(16)3-4-15(12)18-14/h3-4,7,10-11,14,17H,5-6,8-9H2,1-2H3. The monoisotopic (exact) mass is 252 g/mol. The Hall–Kier alpha value is -1.09. The van der Waals surface area contributed by atoms with Crippen molar-refractivity contribution in [3.8, 4) is 5.75 Å². The Balaban J connectivity index is 1.94. The van der Waals surface area contributed by atoms with Gasteiger partial charge in [-0.25, -0.2) is 4.39 Å². The van der Waals surface area contributed by atoms with Crippen LogP contribution in [0.4, 0.5) is 4.39 Å². The highest BCUT2D eigenvalue weighted by molar-refractivity contribution is 5.37. The van der Waals surface area contributed by atoms with Crippen LogP contribution in [0.5, 0.6) is 5.75 Å². The number of rotatable bonds is 5. The van der Waals surface area contributed by atoms with Crippen LogP contribution in [0.2, 0.25) is 0 Å². The molecule has 0 bridgehead atoms. The van der Waals surface area contributed by atoms with Crippen molar-refractivity contribution in [1.82, 2.24) is 0 Å². The molecule has 0 saturated carbocycles. The van der Waals surface area contributed by atoms with E-state index >= 15 is 0 Å². The average Bonchev–Trinajstić information content (AvgIpc) is 2.68. The first-order valence-electron chi connectivity index (χ1n) is 6.64. The lowest BCUT2D eigenvalue weighted by Gasteiger charge is -2.20. The normalized spacial score (nSPS) is 19.7. The fourth-order valence-electron chi connectivity index (χ4n) is 2.70. The average molecular weight is 252 g/mol. The van der Waals surface area contributed by atoms with E-state index in [2.05, 4.69) is 13.8 Å². The van der Waals surface area contributed by atoms with Crippen LogP contribution in [-0.2, 0) is 6.42 Å². The SMILES string of the molecule is CC(C)CC(CO)CC1Cc2cc(F)ccc2O1. The van der Waals surface area contributed by atoms with Crippen molar-refractivity contribution >= 4 is 0 Å². The minimum absolute atomic E-state index is 0.0812. The van der Waals surface area contributed by atoms with Gasteiger partial charge >= 0.3 is 0 Å². The summed E-state index contributed by atoms with van der Waals surface area (Å²) in [5.74, 6) is 1.43. The molecule has 1 aliphatic rings. The molecule has 1 aromatic rings. The molecule has 0 fully saturated rings. The van der Waals surface area contributed by atoms with Gasteiger partial charge < -0.3 is 9.84 Å². The van der Waals surface area contributed by atoms with E-state index in [4.69, 9.17) is 4.74 Å². The first-order chi connectivity index (χ1) is 8.58. The summed E-state index contributed by atoms with van der Waals surface area (Å²) in [4.78, 5) is 0. The topological polar surface area (TPSA) is 29.5 Å². The summed E-state index contributed by atoms with van der Waals surface area (Å²) in [6, 6.07) is 4.67. The third-order valence-corrected chi connectivity index (χ3v) is 3.42. The second kappa shape index (κ2) is 5.70. The zero-order valence-corrected chi connectivity index (χ0v) is 11.0. The zero-order chi connectivity index (χ0) is 13.1. The van der Waals surface area contributed by atoms with Crippen LogP contribution in [0, 0.1) is 17.7 Å². The van der Waals surface area contributed by atoms with E-state index in [-0.39, 0.29) is 24.4 Å². The van der Waals surface area contributed by atoms with Crippen molar-refractivity contribution in [3.05, 3.63) is 29.6 Å². The molecule has 1 heterocycles. The highest BCUT2D eigenvalue weighted by Crippen LogP contribution is 2.32. The summed E-state index contributed by atoms with van der Waals surface area (Å²) in [5, 5.41) is 9.38. The highest BCUT2D eigenvalue weighted by atomic mass is 19.1. The van der Waals surface area contributed by atoms with E-state index in [0.29, 0.717) is 5.92 Å².